The predicted molar refractivity (Wildman–Crippen MR) is 134 cm³/mol. The van der Waals surface area contributed by atoms with Crippen molar-refractivity contribution in [2.45, 2.75) is 71.3 Å². The van der Waals surface area contributed by atoms with Gasteiger partial charge >= 0.3 is 5.97 Å². The first-order valence-corrected chi connectivity index (χ1v) is 12.2. The summed E-state index contributed by atoms with van der Waals surface area (Å²) in [7, 11) is 0. The highest BCUT2D eigenvalue weighted by atomic mass is 16.5. The van der Waals surface area contributed by atoms with Crippen molar-refractivity contribution in [3.05, 3.63) is 60.7 Å². The van der Waals surface area contributed by atoms with Crippen molar-refractivity contribution in [1.82, 2.24) is 0 Å². The van der Waals surface area contributed by atoms with Crippen LogP contribution in [-0.2, 0) is 9.53 Å². The molecule has 0 unspecified atom stereocenters. The first-order valence-electron chi connectivity index (χ1n) is 12.2. The number of rotatable bonds is 8. The Labute approximate surface area is 199 Å². The Kier molecular flexibility index (Phi) is 7.58. The molecule has 0 saturated heterocycles. The van der Waals surface area contributed by atoms with Crippen LogP contribution in [0.4, 0.5) is 0 Å². The molecule has 2 saturated carbocycles. The minimum absolute atomic E-state index is 0.00944. The van der Waals surface area contributed by atoms with E-state index in [9.17, 15) is 15.0 Å². The average Bonchev–Trinajstić information content (AvgIpc) is 2.76. The molecule has 1 aromatic rings. The Morgan fingerprint density at radius 1 is 1.18 bits per heavy atom. The molecule has 0 spiro atoms. The minimum Gasteiger partial charge on any atom is -0.508 e. The number of aliphatic hydroxyl groups is 1. The van der Waals surface area contributed by atoms with Crippen molar-refractivity contribution >= 4 is 12.0 Å². The molecule has 0 aromatic heterocycles. The van der Waals surface area contributed by atoms with Crippen molar-refractivity contribution in [2.24, 2.45) is 22.7 Å². The Morgan fingerprint density at radius 2 is 1.88 bits per heavy atom. The SMILES string of the molecule is C=CC(=C)CC[C@H]1[C@@]2(C)CCC[C@](C)(COC(=O)C=Cc3ccc(O)cc3)[C@H]2CC[C@@]1(C)O. The van der Waals surface area contributed by atoms with Crippen LogP contribution in [0.3, 0.4) is 0 Å². The molecule has 1 aromatic carbocycles. The van der Waals surface area contributed by atoms with E-state index in [2.05, 4.69) is 27.0 Å². The van der Waals surface area contributed by atoms with E-state index < -0.39 is 5.60 Å². The van der Waals surface area contributed by atoms with Gasteiger partial charge in [0.25, 0.3) is 0 Å². The second-order valence-electron chi connectivity index (χ2n) is 10.9. The normalized spacial score (nSPS) is 33.9. The van der Waals surface area contributed by atoms with Crippen molar-refractivity contribution in [3.8, 4) is 5.75 Å². The van der Waals surface area contributed by atoms with Crippen LogP contribution in [0, 0.1) is 22.7 Å². The Hall–Kier alpha value is -2.33. The van der Waals surface area contributed by atoms with Gasteiger partial charge in [0, 0.05) is 11.5 Å². The van der Waals surface area contributed by atoms with E-state index in [1.807, 2.05) is 13.0 Å². The van der Waals surface area contributed by atoms with E-state index in [0.29, 0.717) is 12.5 Å². The lowest BCUT2D eigenvalue weighted by Gasteiger charge is -2.61. The Balaban J connectivity index is 1.71. The molecule has 5 atom stereocenters. The molecule has 33 heavy (non-hydrogen) atoms. The number of benzene rings is 1. The number of hydrogen-bond donors (Lipinski definition) is 2. The van der Waals surface area contributed by atoms with Crippen LogP contribution in [-0.4, -0.2) is 28.4 Å². The molecule has 0 aliphatic heterocycles. The second-order valence-corrected chi connectivity index (χ2v) is 10.9. The van der Waals surface area contributed by atoms with E-state index in [1.54, 1.807) is 30.3 Å². The number of esters is 1. The van der Waals surface area contributed by atoms with Crippen LogP contribution in [0.15, 0.2) is 55.1 Å². The van der Waals surface area contributed by atoms with E-state index in [-0.39, 0.29) is 28.5 Å². The van der Waals surface area contributed by atoms with Gasteiger partial charge < -0.3 is 14.9 Å². The summed E-state index contributed by atoms with van der Waals surface area (Å²) in [6.07, 6.45) is 11.6. The molecule has 4 nitrogen and oxygen atoms in total. The van der Waals surface area contributed by atoms with Crippen molar-refractivity contribution in [1.29, 1.82) is 0 Å². The van der Waals surface area contributed by atoms with Crippen molar-refractivity contribution < 1.29 is 19.7 Å². The van der Waals surface area contributed by atoms with E-state index in [0.717, 1.165) is 56.1 Å². The number of hydrogen-bond acceptors (Lipinski definition) is 4. The van der Waals surface area contributed by atoms with Gasteiger partial charge in [-0.3, -0.25) is 0 Å². The fraction of sp³-hybridized carbons (Fsp3) is 0.552. The van der Waals surface area contributed by atoms with Crippen LogP contribution >= 0.6 is 0 Å². The third-order valence-electron chi connectivity index (χ3n) is 8.48. The number of carbonyl (C=O) groups excluding carboxylic acids is 1. The van der Waals surface area contributed by atoms with Crippen molar-refractivity contribution in [3.63, 3.8) is 0 Å². The quantitative estimate of drug-likeness (QED) is 0.270. The first-order chi connectivity index (χ1) is 15.5. The Morgan fingerprint density at radius 3 is 2.55 bits per heavy atom. The van der Waals surface area contributed by atoms with Crippen LogP contribution in [0.1, 0.15) is 71.3 Å². The van der Waals surface area contributed by atoms with Gasteiger partial charge in [0.1, 0.15) is 5.75 Å². The number of fused-ring (bicyclic) bond motifs is 1. The average molecular weight is 453 g/mol. The largest absolute Gasteiger partial charge is 0.508 e. The number of phenolic OH excluding ortho intramolecular Hbond substituents is 1. The lowest BCUT2D eigenvalue weighted by molar-refractivity contribution is -0.185. The molecule has 0 radical (unpaired) electrons. The summed E-state index contributed by atoms with van der Waals surface area (Å²) in [6.45, 7) is 14.9. The summed E-state index contributed by atoms with van der Waals surface area (Å²) in [5, 5.41) is 20.7. The number of allylic oxidation sites excluding steroid dienone is 2. The molecule has 0 heterocycles. The standard InChI is InChI=1S/C29H40O4/c1-6-21(2)8-14-25-28(4)18-7-17-27(3,24(28)16-19-29(25,5)32)20-33-26(31)15-11-22-9-12-23(30)13-10-22/h6,9-13,15,24-25,30,32H,1-2,7-8,14,16-20H2,3-5H3/t24-,25+,27-,28+,29-/m1/s1. The molecule has 2 aliphatic carbocycles. The lowest BCUT2D eigenvalue weighted by atomic mass is 9.45. The smallest absolute Gasteiger partial charge is 0.330 e. The second kappa shape index (κ2) is 9.89. The lowest BCUT2D eigenvalue weighted by Crippen LogP contribution is -2.59. The van der Waals surface area contributed by atoms with Crippen LogP contribution in [0.5, 0.6) is 5.75 Å². The molecule has 4 heteroatoms. The predicted octanol–water partition coefficient (Wildman–Crippen LogP) is 6.44. The number of phenols is 1. The van der Waals surface area contributed by atoms with Crippen LogP contribution < -0.4 is 0 Å². The number of aromatic hydroxyl groups is 1. The van der Waals surface area contributed by atoms with Gasteiger partial charge in [0.2, 0.25) is 0 Å². The molecule has 0 amide bonds. The molecule has 3 rings (SSSR count). The van der Waals surface area contributed by atoms with E-state index in [4.69, 9.17) is 4.74 Å². The molecule has 180 valence electrons. The van der Waals surface area contributed by atoms with Gasteiger partial charge in [-0.05, 0) is 86.5 Å². The fourth-order valence-electron chi connectivity index (χ4n) is 6.71. The molecule has 2 fully saturated rings. The number of carbonyl (C=O) groups is 1. The monoisotopic (exact) mass is 452 g/mol. The zero-order valence-corrected chi connectivity index (χ0v) is 20.5. The van der Waals surface area contributed by atoms with Gasteiger partial charge in [-0.25, -0.2) is 4.79 Å². The highest BCUT2D eigenvalue weighted by Crippen LogP contribution is 2.63. The zero-order valence-electron chi connectivity index (χ0n) is 20.5. The summed E-state index contributed by atoms with van der Waals surface area (Å²) in [5.41, 5.74) is 1.03. The summed E-state index contributed by atoms with van der Waals surface area (Å²) < 4.78 is 5.76. The maximum Gasteiger partial charge on any atom is 0.330 e. The molecule has 0 bridgehead atoms. The topological polar surface area (TPSA) is 66.8 Å². The third kappa shape index (κ3) is 5.60. The van der Waals surface area contributed by atoms with Gasteiger partial charge in [0.15, 0.2) is 0 Å². The van der Waals surface area contributed by atoms with E-state index >= 15 is 0 Å². The Bertz CT molecular complexity index is 897. The van der Waals surface area contributed by atoms with Gasteiger partial charge in [0.05, 0.1) is 12.2 Å². The first kappa shape index (κ1) is 25.3. The fourth-order valence-corrected chi connectivity index (χ4v) is 6.71. The third-order valence-corrected chi connectivity index (χ3v) is 8.48. The summed E-state index contributed by atoms with van der Waals surface area (Å²) in [4.78, 5) is 12.5. The van der Waals surface area contributed by atoms with Crippen molar-refractivity contribution in [2.75, 3.05) is 6.61 Å². The van der Waals surface area contributed by atoms with E-state index in [1.165, 1.54) is 6.08 Å². The van der Waals surface area contributed by atoms with Gasteiger partial charge in [-0.15, -0.1) is 0 Å². The van der Waals surface area contributed by atoms with Crippen LogP contribution in [0.2, 0.25) is 0 Å². The van der Waals surface area contributed by atoms with Crippen LogP contribution in [0.25, 0.3) is 6.08 Å². The highest BCUT2D eigenvalue weighted by Gasteiger charge is 2.59. The van der Waals surface area contributed by atoms with Gasteiger partial charge in [-0.2, -0.15) is 0 Å². The summed E-state index contributed by atoms with van der Waals surface area (Å²) in [5.74, 6) is 0.403. The zero-order chi connectivity index (χ0) is 24.3. The van der Waals surface area contributed by atoms with Gasteiger partial charge in [-0.1, -0.05) is 57.2 Å². The maximum absolute atomic E-state index is 12.5. The molecule has 2 N–H and O–H groups in total. The maximum atomic E-state index is 12.5. The number of ether oxygens (including phenoxy) is 1. The molecular weight excluding hydrogens is 412 g/mol. The highest BCUT2D eigenvalue weighted by molar-refractivity contribution is 5.87. The summed E-state index contributed by atoms with van der Waals surface area (Å²) >= 11 is 0. The summed E-state index contributed by atoms with van der Waals surface area (Å²) in [6, 6.07) is 6.69. The molecule has 2 aliphatic rings. The minimum atomic E-state index is -0.700. The molecular formula is C29H40O4.